The van der Waals surface area contributed by atoms with Crippen LogP contribution >= 0.6 is 11.6 Å². The van der Waals surface area contributed by atoms with E-state index < -0.39 is 0 Å². The Labute approximate surface area is 160 Å². The first-order valence-electron chi connectivity index (χ1n) is 8.44. The molecule has 1 aliphatic rings. The number of fused-ring (bicyclic) bond motifs is 2. The molecule has 4 aromatic rings. The van der Waals surface area contributed by atoms with Gasteiger partial charge in [-0.1, -0.05) is 29.8 Å². The molecule has 132 valence electrons. The van der Waals surface area contributed by atoms with Gasteiger partial charge in [-0.3, -0.25) is 0 Å². The first-order chi connectivity index (χ1) is 13.3. The van der Waals surface area contributed by atoms with Gasteiger partial charge in [0.2, 0.25) is 6.79 Å². The molecule has 0 saturated carbocycles. The monoisotopic (exact) mass is 375 g/mol. The van der Waals surface area contributed by atoms with Gasteiger partial charge in [0.25, 0.3) is 0 Å². The fourth-order valence-corrected chi connectivity index (χ4v) is 3.31. The molecular formula is C21H14ClN3O2. The number of ether oxygens (including phenoxy) is 2. The van der Waals surface area contributed by atoms with Crippen molar-refractivity contribution in [2.24, 2.45) is 0 Å². The van der Waals surface area contributed by atoms with E-state index in [1.807, 2.05) is 54.6 Å². The molecular weight excluding hydrogens is 362 g/mol. The van der Waals surface area contributed by atoms with Crippen LogP contribution in [0.1, 0.15) is 0 Å². The maximum atomic E-state index is 6.09. The predicted molar refractivity (Wildman–Crippen MR) is 106 cm³/mol. The quantitative estimate of drug-likeness (QED) is 0.518. The van der Waals surface area contributed by atoms with Crippen molar-refractivity contribution in [3.8, 4) is 22.6 Å². The molecule has 1 aliphatic heterocycles. The third kappa shape index (κ3) is 3.02. The predicted octanol–water partition coefficient (Wildman–Crippen LogP) is 5.42. The minimum absolute atomic E-state index is 0.262. The fourth-order valence-electron chi connectivity index (χ4n) is 3.11. The molecule has 0 radical (unpaired) electrons. The lowest BCUT2D eigenvalue weighted by Crippen LogP contribution is -1.96. The van der Waals surface area contributed by atoms with E-state index in [1.54, 1.807) is 6.33 Å². The van der Waals surface area contributed by atoms with Crippen molar-refractivity contribution in [3.63, 3.8) is 0 Å². The lowest BCUT2D eigenvalue weighted by atomic mass is 10.0. The summed E-state index contributed by atoms with van der Waals surface area (Å²) in [5, 5.41) is 4.92. The third-order valence-corrected chi connectivity index (χ3v) is 4.66. The molecule has 1 N–H and O–H groups in total. The van der Waals surface area contributed by atoms with Crippen LogP contribution in [0, 0.1) is 0 Å². The molecule has 3 aromatic carbocycles. The lowest BCUT2D eigenvalue weighted by molar-refractivity contribution is 0.174. The zero-order valence-electron chi connectivity index (χ0n) is 14.1. The van der Waals surface area contributed by atoms with E-state index in [0.29, 0.717) is 5.02 Å². The van der Waals surface area contributed by atoms with E-state index in [-0.39, 0.29) is 6.79 Å². The molecule has 0 atom stereocenters. The highest BCUT2D eigenvalue weighted by atomic mass is 35.5. The van der Waals surface area contributed by atoms with Gasteiger partial charge in [0.05, 0.1) is 5.52 Å². The average molecular weight is 376 g/mol. The molecule has 0 spiro atoms. The molecule has 0 fully saturated rings. The summed E-state index contributed by atoms with van der Waals surface area (Å²) < 4.78 is 10.9. The van der Waals surface area contributed by atoms with Crippen LogP contribution in [0.15, 0.2) is 67.0 Å². The summed E-state index contributed by atoms with van der Waals surface area (Å²) in [5.74, 6) is 2.25. The number of hydrogen-bond donors (Lipinski definition) is 1. The van der Waals surface area contributed by atoms with E-state index >= 15 is 0 Å². The normalized spacial score (nSPS) is 12.3. The minimum atomic E-state index is 0.262. The highest BCUT2D eigenvalue weighted by molar-refractivity contribution is 6.30. The summed E-state index contributed by atoms with van der Waals surface area (Å²) >= 11 is 6.09. The second kappa shape index (κ2) is 6.45. The van der Waals surface area contributed by atoms with Gasteiger partial charge in [0.1, 0.15) is 12.1 Å². The number of nitrogens with zero attached hydrogens (tertiary/aromatic N) is 2. The van der Waals surface area contributed by atoms with E-state index in [4.69, 9.17) is 21.1 Å². The zero-order valence-corrected chi connectivity index (χ0v) is 14.9. The maximum Gasteiger partial charge on any atom is 0.231 e. The minimum Gasteiger partial charge on any atom is -0.454 e. The van der Waals surface area contributed by atoms with Gasteiger partial charge in [-0.15, -0.1) is 0 Å². The van der Waals surface area contributed by atoms with Gasteiger partial charge >= 0.3 is 0 Å². The molecule has 0 bridgehead atoms. The summed E-state index contributed by atoms with van der Waals surface area (Å²) in [5.41, 5.74) is 3.82. The third-order valence-electron chi connectivity index (χ3n) is 4.43. The van der Waals surface area contributed by atoms with Gasteiger partial charge in [-0.05, 0) is 53.6 Å². The highest BCUT2D eigenvalue weighted by Gasteiger charge is 2.14. The Kier molecular flexibility index (Phi) is 3.80. The van der Waals surface area contributed by atoms with Crippen molar-refractivity contribution in [1.29, 1.82) is 0 Å². The molecule has 2 heterocycles. The van der Waals surface area contributed by atoms with E-state index in [1.165, 1.54) is 0 Å². The molecule has 0 amide bonds. The Balaban J connectivity index is 1.58. The first-order valence-corrected chi connectivity index (χ1v) is 8.81. The second-order valence-corrected chi connectivity index (χ2v) is 6.59. The number of halogens is 1. The topological polar surface area (TPSA) is 56.3 Å². The summed E-state index contributed by atoms with van der Waals surface area (Å²) in [6.07, 6.45) is 1.55. The van der Waals surface area contributed by atoms with Crippen LogP contribution in [0.4, 0.5) is 11.5 Å². The molecule has 0 saturated heterocycles. The SMILES string of the molecule is Clc1cccc(Nc2ncnc3ccc(-c4ccc5c(c4)OCO5)cc23)c1. The molecule has 27 heavy (non-hydrogen) atoms. The smallest absolute Gasteiger partial charge is 0.231 e. The molecule has 5 rings (SSSR count). The van der Waals surface area contributed by atoms with Crippen LogP contribution in [-0.4, -0.2) is 16.8 Å². The summed E-state index contributed by atoms with van der Waals surface area (Å²) in [7, 11) is 0. The Hall–Kier alpha value is -3.31. The van der Waals surface area contributed by atoms with Crippen molar-refractivity contribution in [2.45, 2.75) is 0 Å². The largest absolute Gasteiger partial charge is 0.454 e. The van der Waals surface area contributed by atoms with E-state index in [9.17, 15) is 0 Å². The van der Waals surface area contributed by atoms with Gasteiger partial charge < -0.3 is 14.8 Å². The van der Waals surface area contributed by atoms with Gasteiger partial charge in [0.15, 0.2) is 11.5 Å². The van der Waals surface area contributed by atoms with Gasteiger partial charge in [0, 0.05) is 16.1 Å². The lowest BCUT2D eigenvalue weighted by Gasteiger charge is -2.10. The number of anilines is 2. The zero-order chi connectivity index (χ0) is 18.2. The fraction of sp³-hybridized carbons (Fsp3) is 0.0476. The van der Waals surface area contributed by atoms with Crippen LogP contribution in [0.25, 0.3) is 22.0 Å². The average Bonchev–Trinajstić information content (AvgIpc) is 3.16. The van der Waals surface area contributed by atoms with Crippen LogP contribution in [-0.2, 0) is 0 Å². The van der Waals surface area contributed by atoms with Crippen molar-refractivity contribution in [1.82, 2.24) is 9.97 Å². The molecule has 6 heteroatoms. The number of nitrogens with one attached hydrogen (secondary N) is 1. The Bertz CT molecular complexity index is 1160. The molecule has 1 aromatic heterocycles. The van der Waals surface area contributed by atoms with Crippen LogP contribution < -0.4 is 14.8 Å². The van der Waals surface area contributed by atoms with Crippen LogP contribution in [0.3, 0.4) is 0 Å². The molecule has 0 unspecified atom stereocenters. The van der Waals surface area contributed by atoms with Gasteiger partial charge in [-0.25, -0.2) is 9.97 Å². The Morgan fingerprint density at radius 1 is 0.852 bits per heavy atom. The number of hydrogen-bond acceptors (Lipinski definition) is 5. The summed E-state index contributed by atoms with van der Waals surface area (Å²) in [4.78, 5) is 8.79. The van der Waals surface area contributed by atoms with E-state index in [2.05, 4.69) is 21.4 Å². The number of rotatable bonds is 3. The highest BCUT2D eigenvalue weighted by Crippen LogP contribution is 2.37. The van der Waals surface area contributed by atoms with Crippen LogP contribution in [0.5, 0.6) is 11.5 Å². The van der Waals surface area contributed by atoms with Crippen molar-refractivity contribution < 1.29 is 9.47 Å². The Morgan fingerprint density at radius 2 is 1.70 bits per heavy atom. The Morgan fingerprint density at radius 3 is 2.63 bits per heavy atom. The number of benzene rings is 3. The van der Waals surface area contributed by atoms with E-state index in [0.717, 1.165) is 45.0 Å². The van der Waals surface area contributed by atoms with Crippen molar-refractivity contribution in [3.05, 3.63) is 72.0 Å². The molecule has 0 aliphatic carbocycles. The maximum absolute atomic E-state index is 6.09. The van der Waals surface area contributed by atoms with Crippen molar-refractivity contribution >= 4 is 34.0 Å². The van der Waals surface area contributed by atoms with Crippen LogP contribution in [0.2, 0.25) is 5.02 Å². The summed E-state index contributed by atoms with van der Waals surface area (Å²) in [6.45, 7) is 0.262. The molecule has 5 nitrogen and oxygen atoms in total. The van der Waals surface area contributed by atoms with Crippen molar-refractivity contribution in [2.75, 3.05) is 12.1 Å². The van der Waals surface area contributed by atoms with Gasteiger partial charge in [-0.2, -0.15) is 0 Å². The first kappa shape index (κ1) is 15.9. The second-order valence-electron chi connectivity index (χ2n) is 6.16. The number of aromatic nitrogens is 2. The standard InChI is InChI=1S/C21H14ClN3O2/c22-15-2-1-3-16(10-15)25-21-17-8-13(4-6-18(17)23-11-24-21)14-5-7-19-20(9-14)27-12-26-19/h1-11H,12H2,(H,23,24,25). The summed E-state index contributed by atoms with van der Waals surface area (Å²) in [6, 6.07) is 19.6.